The summed E-state index contributed by atoms with van der Waals surface area (Å²) in [4.78, 5) is 19.7. The van der Waals surface area contributed by atoms with Gasteiger partial charge in [-0.25, -0.2) is 4.79 Å². The second kappa shape index (κ2) is 4.86. The van der Waals surface area contributed by atoms with E-state index >= 15 is 0 Å². The van der Waals surface area contributed by atoms with Crippen LogP contribution in [0, 0.1) is 10.1 Å². The Bertz CT molecular complexity index is 522. The predicted octanol–water partition coefficient (Wildman–Crippen LogP) is 2.65. The van der Waals surface area contributed by atoms with Crippen molar-refractivity contribution in [1.82, 2.24) is 0 Å². The highest BCUT2D eigenvalue weighted by Gasteiger charge is 2.33. The molecule has 0 aliphatic carbocycles. The van der Waals surface area contributed by atoms with Crippen molar-refractivity contribution in [2.45, 2.75) is 6.18 Å². The zero-order valence-corrected chi connectivity index (χ0v) is 8.64. The van der Waals surface area contributed by atoms with Gasteiger partial charge in [-0.3, -0.25) is 10.1 Å². The number of halogens is 3. The van der Waals surface area contributed by atoms with E-state index < -0.39 is 33.8 Å². The van der Waals surface area contributed by atoms with Crippen molar-refractivity contribution in [3.8, 4) is 0 Å². The van der Waals surface area contributed by atoms with Crippen molar-refractivity contribution in [3.05, 3.63) is 51.2 Å². The van der Waals surface area contributed by atoms with Gasteiger partial charge in [-0.1, -0.05) is 6.07 Å². The lowest BCUT2D eigenvalue weighted by atomic mass is 10.0. The highest BCUT2D eigenvalue weighted by atomic mass is 19.4. The molecule has 1 aromatic carbocycles. The molecule has 0 aliphatic heterocycles. The number of rotatable bonds is 3. The van der Waals surface area contributed by atoms with Crippen LogP contribution in [0.2, 0.25) is 0 Å². The van der Waals surface area contributed by atoms with Crippen LogP contribution in [0.25, 0.3) is 6.08 Å². The zero-order chi connectivity index (χ0) is 13.9. The Morgan fingerprint density at radius 3 is 2.44 bits per heavy atom. The van der Waals surface area contributed by atoms with Gasteiger partial charge in [0, 0.05) is 6.08 Å². The zero-order valence-electron chi connectivity index (χ0n) is 8.64. The third-order valence-corrected chi connectivity index (χ3v) is 1.98. The maximum atomic E-state index is 12.6. The summed E-state index contributed by atoms with van der Waals surface area (Å²) >= 11 is 0. The lowest BCUT2D eigenvalue weighted by Gasteiger charge is -2.10. The van der Waals surface area contributed by atoms with Gasteiger partial charge in [-0.2, -0.15) is 13.2 Å². The summed E-state index contributed by atoms with van der Waals surface area (Å²) in [5.74, 6) is -1.51. The number of carbonyl (C=O) groups is 1. The van der Waals surface area contributed by atoms with E-state index in [1.807, 2.05) is 0 Å². The molecule has 0 atom stereocenters. The van der Waals surface area contributed by atoms with Crippen LogP contribution in [0.3, 0.4) is 0 Å². The average Bonchev–Trinajstić information content (AvgIpc) is 2.24. The van der Waals surface area contributed by atoms with Crippen molar-refractivity contribution >= 4 is 12.0 Å². The first-order valence-electron chi connectivity index (χ1n) is 4.48. The minimum atomic E-state index is -4.79. The van der Waals surface area contributed by atoms with E-state index in [0.29, 0.717) is 18.3 Å². The molecule has 96 valence electrons. The molecule has 0 saturated heterocycles. The third kappa shape index (κ3) is 3.30. The van der Waals surface area contributed by atoms with Gasteiger partial charge in [0.2, 0.25) is 6.20 Å². The van der Waals surface area contributed by atoms with Crippen LogP contribution < -0.4 is 0 Å². The van der Waals surface area contributed by atoms with Crippen molar-refractivity contribution in [3.63, 3.8) is 0 Å². The summed E-state index contributed by atoms with van der Waals surface area (Å²) in [5.41, 5.74) is -2.25. The fourth-order valence-electron chi connectivity index (χ4n) is 1.22. The first-order valence-corrected chi connectivity index (χ1v) is 4.48. The van der Waals surface area contributed by atoms with Crippen molar-refractivity contribution in [1.29, 1.82) is 0 Å². The standard InChI is InChI=1S/C10H6F3NO4/c11-10(12,13)8-5-7(9(15)16)2-1-6(8)3-4-14(17)18/h1-5H,(H,15,16). The lowest BCUT2D eigenvalue weighted by molar-refractivity contribution is -0.400. The maximum absolute atomic E-state index is 12.6. The van der Waals surface area contributed by atoms with Crippen LogP contribution in [-0.2, 0) is 6.18 Å². The number of carboxylic acids is 1. The minimum absolute atomic E-state index is 0.352. The first kappa shape index (κ1) is 13.7. The van der Waals surface area contributed by atoms with Crippen molar-refractivity contribution in [2.75, 3.05) is 0 Å². The van der Waals surface area contributed by atoms with E-state index in [1.165, 1.54) is 0 Å². The molecule has 0 aromatic heterocycles. The molecule has 0 spiro atoms. The molecule has 1 aromatic rings. The van der Waals surface area contributed by atoms with Crippen molar-refractivity contribution < 1.29 is 28.0 Å². The Balaban J connectivity index is 3.34. The molecule has 1 N–H and O–H groups in total. The van der Waals surface area contributed by atoms with E-state index in [4.69, 9.17) is 5.11 Å². The molecule has 18 heavy (non-hydrogen) atoms. The average molecular weight is 261 g/mol. The molecule has 0 bridgehead atoms. The van der Waals surface area contributed by atoms with Gasteiger partial charge >= 0.3 is 12.1 Å². The maximum Gasteiger partial charge on any atom is 0.417 e. The Morgan fingerprint density at radius 1 is 1.39 bits per heavy atom. The Kier molecular flexibility index (Phi) is 3.70. The summed E-state index contributed by atoms with van der Waals surface area (Å²) in [6.07, 6.45) is -3.78. The highest BCUT2D eigenvalue weighted by molar-refractivity contribution is 5.88. The molecule has 8 heteroatoms. The molecule has 1 rings (SSSR count). The monoisotopic (exact) mass is 261 g/mol. The number of alkyl halides is 3. The highest BCUT2D eigenvalue weighted by Crippen LogP contribution is 2.33. The van der Waals surface area contributed by atoms with Gasteiger partial charge in [0.25, 0.3) is 0 Å². The Hall–Kier alpha value is -2.38. The van der Waals surface area contributed by atoms with Crippen LogP contribution in [0.5, 0.6) is 0 Å². The molecule has 0 heterocycles. The Labute approximate surface area is 98.3 Å². The second-order valence-electron chi connectivity index (χ2n) is 3.21. The van der Waals surface area contributed by atoms with Gasteiger partial charge in [0.1, 0.15) is 0 Å². The van der Waals surface area contributed by atoms with Crippen LogP contribution in [0.1, 0.15) is 21.5 Å². The summed E-state index contributed by atoms with van der Waals surface area (Å²) in [5, 5.41) is 18.6. The predicted molar refractivity (Wildman–Crippen MR) is 54.4 cm³/mol. The SMILES string of the molecule is O=C(O)c1ccc(C=C[N+](=O)[O-])c(C(F)(F)F)c1. The molecular weight excluding hydrogens is 255 g/mol. The summed E-state index contributed by atoms with van der Waals surface area (Å²) < 4.78 is 37.9. The number of hydrogen-bond donors (Lipinski definition) is 1. The van der Waals surface area contributed by atoms with E-state index in [0.717, 1.165) is 12.1 Å². The molecule has 0 unspecified atom stereocenters. The molecule has 0 fully saturated rings. The fraction of sp³-hybridized carbons (Fsp3) is 0.100. The number of hydrogen-bond acceptors (Lipinski definition) is 3. The van der Waals surface area contributed by atoms with Crippen LogP contribution in [0.4, 0.5) is 13.2 Å². The molecule has 5 nitrogen and oxygen atoms in total. The molecule has 0 saturated carbocycles. The second-order valence-corrected chi connectivity index (χ2v) is 3.21. The van der Waals surface area contributed by atoms with Crippen LogP contribution in [-0.4, -0.2) is 16.0 Å². The molecular formula is C10H6F3NO4. The number of nitrogens with zero attached hydrogens (tertiary/aromatic N) is 1. The Morgan fingerprint density at radius 2 is 2.00 bits per heavy atom. The van der Waals surface area contributed by atoms with Crippen LogP contribution >= 0.6 is 0 Å². The summed E-state index contributed by atoms with van der Waals surface area (Å²) in [6, 6.07) is 2.24. The van der Waals surface area contributed by atoms with Crippen molar-refractivity contribution in [2.24, 2.45) is 0 Å². The molecule has 0 aliphatic rings. The molecule has 0 radical (unpaired) electrons. The first-order chi connectivity index (χ1) is 8.21. The number of carboxylic acid groups (broad SMARTS) is 1. The quantitative estimate of drug-likeness (QED) is 0.669. The van der Waals surface area contributed by atoms with E-state index in [2.05, 4.69) is 0 Å². The van der Waals surface area contributed by atoms with Gasteiger partial charge in [0.05, 0.1) is 16.1 Å². The van der Waals surface area contributed by atoms with E-state index in [-0.39, 0.29) is 0 Å². The summed E-state index contributed by atoms with van der Waals surface area (Å²) in [6.45, 7) is 0. The summed E-state index contributed by atoms with van der Waals surface area (Å²) in [7, 11) is 0. The fourth-order valence-corrected chi connectivity index (χ4v) is 1.22. The van der Waals surface area contributed by atoms with E-state index in [1.54, 1.807) is 0 Å². The smallest absolute Gasteiger partial charge is 0.417 e. The largest absolute Gasteiger partial charge is 0.478 e. The van der Waals surface area contributed by atoms with Gasteiger partial charge in [0.15, 0.2) is 0 Å². The minimum Gasteiger partial charge on any atom is -0.478 e. The van der Waals surface area contributed by atoms with Crippen LogP contribution in [0.15, 0.2) is 24.4 Å². The van der Waals surface area contributed by atoms with Gasteiger partial charge in [-0.05, 0) is 17.7 Å². The topological polar surface area (TPSA) is 80.4 Å². The number of benzene rings is 1. The number of nitro groups is 1. The number of aromatic carboxylic acids is 1. The van der Waals surface area contributed by atoms with Gasteiger partial charge in [-0.15, -0.1) is 0 Å². The lowest BCUT2D eigenvalue weighted by Crippen LogP contribution is -2.10. The molecule has 0 amide bonds. The normalized spacial score (nSPS) is 11.7. The third-order valence-electron chi connectivity index (χ3n) is 1.98. The van der Waals surface area contributed by atoms with Gasteiger partial charge < -0.3 is 5.11 Å². The van der Waals surface area contributed by atoms with E-state index in [9.17, 15) is 28.1 Å².